The molecule has 1 unspecified atom stereocenters. The van der Waals surface area contributed by atoms with Gasteiger partial charge in [-0.15, -0.1) is 0 Å². The standard InChI is InChI=1S/C16H26N2O7S3/c1-3-27(21,22)12-11-25-15-6-8-16(9-7-15)28(23,24)18-10-4-5-14(13-18)17-26(2,19)20/h6-9,14,17H,3-5,10-13H2,1-2H3. The number of nitrogens with zero attached hydrogens (tertiary/aromatic N) is 1. The van der Waals surface area contributed by atoms with Gasteiger partial charge in [-0.25, -0.2) is 30.0 Å². The van der Waals surface area contributed by atoms with Crippen LogP contribution in [0.3, 0.4) is 0 Å². The minimum absolute atomic E-state index is 0.00671. The second-order valence-electron chi connectivity index (χ2n) is 6.65. The molecule has 1 heterocycles. The number of hydrogen-bond acceptors (Lipinski definition) is 7. The molecule has 1 atom stereocenters. The van der Waals surface area contributed by atoms with Crippen molar-refractivity contribution in [3.63, 3.8) is 0 Å². The molecule has 1 aromatic rings. The zero-order valence-electron chi connectivity index (χ0n) is 15.9. The Balaban J connectivity index is 2.03. The lowest BCUT2D eigenvalue weighted by Gasteiger charge is -2.31. The monoisotopic (exact) mass is 454 g/mol. The number of hydrogen-bond donors (Lipinski definition) is 1. The van der Waals surface area contributed by atoms with E-state index in [9.17, 15) is 25.3 Å². The van der Waals surface area contributed by atoms with E-state index in [1.807, 2.05) is 0 Å². The van der Waals surface area contributed by atoms with E-state index in [1.165, 1.54) is 28.6 Å². The van der Waals surface area contributed by atoms with Gasteiger partial charge in [-0.05, 0) is 37.1 Å². The fraction of sp³-hybridized carbons (Fsp3) is 0.625. The van der Waals surface area contributed by atoms with Gasteiger partial charge in [0.1, 0.15) is 12.4 Å². The van der Waals surface area contributed by atoms with Gasteiger partial charge in [0.25, 0.3) is 0 Å². The van der Waals surface area contributed by atoms with E-state index in [0.717, 1.165) is 6.26 Å². The third-order valence-corrected chi connectivity index (χ3v) is 8.64. The van der Waals surface area contributed by atoms with Gasteiger partial charge >= 0.3 is 0 Å². The zero-order valence-corrected chi connectivity index (χ0v) is 18.3. The molecule has 28 heavy (non-hydrogen) atoms. The predicted octanol–water partition coefficient (Wildman–Crippen LogP) is 0.202. The van der Waals surface area contributed by atoms with Crippen LogP contribution in [0.5, 0.6) is 5.75 Å². The van der Waals surface area contributed by atoms with Crippen LogP contribution in [0.1, 0.15) is 19.8 Å². The summed E-state index contributed by atoms with van der Waals surface area (Å²) in [6.07, 6.45) is 2.18. The maximum Gasteiger partial charge on any atom is 0.243 e. The van der Waals surface area contributed by atoms with Crippen molar-refractivity contribution >= 4 is 29.9 Å². The van der Waals surface area contributed by atoms with Crippen molar-refractivity contribution < 1.29 is 30.0 Å². The summed E-state index contributed by atoms with van der Waals surface area (Å²) in [6, 6.07) is 5.28. The predicted molar refractivity (Wildman–Crippen MR) is 106 cm³/mol. The molecule has 0 saturated carbocycles. The molecule has 0 spiro atoms. The van der Waals surface area contributed by atoms with E-state index in [1.54, 1.807) is 6.92 Å². The van der Waals surface area contributed by atoms with Gasteiger partial charge in [-0.2, -0.15) is 4.31 Å². The third kappa shape index (κ3) is 6.69. The van der Waals surface area contributed by atoms with Crippen LogP contribution in [0.4, 0.5) is 0 Å². The van der Waals surface area contributed by atoms with Crippen molar-refractivity contribution in [2.75, 3.05) is 37.5 Å². The van der Waals surface area contributed by atoms with Crippen LogP contribution in [0.25, 0.3) is 0 Å². The molecule has 2 rings (SSSR count). The molecule has 0 amide bonds. The average molecular weight is 455 g/mol. The number of benzene rings is 1. The third-order valence-electron chi connectivity index (χ3n) is 4.33. The van der Waals surface area contributed by atoms with Crippen molar-refractivity contribution in [2.24, 2.45) is 0 Å². The summed E-state index contributed by atoms with van der Waals surface area (Å²) in [6.45, 7) is 1.94. The van der Waals surface area contributed by atoms with Crippen molar-refractivity contribution in [2.45, 2.75) is 30.7 Å². The first kappa shape index (κ1) is 23.1. The minimum atomic E-state index is -3.77. The van der Waals surface area contributed by atoms with Gasteiger partial charge in [-0.3, -0.25) is 0 Å². The fourth-order valence-corrected chi connectivity index (χ4v) is 5.80. The fourth-order valence-electron chi connectivity index (χ4n) is 2.85. The Bertz CT molecular complexity index is 972. The van der Waals surface area contributed by atoms with Crippen LogP contribution in [-0.4, -0.2) is 73.1 Å². The Kier molecular flexibility index (Phi) is 7.48. The Morgan fingerprint density at radius 3 is 2.32 bits per heavy atom. The number of sulfone groups is 1. The Morgan fingerprint density at radius 1 is 1.11 bits per heavy atom. The molecular formula is C16H26N2O7S3. The van der Waals surface area contributed by atoms with Crippen molar-refractivity contribution in [1.29, 1.82) is 0 Å². The molecule has 1 aliphatic rings. The van der Waals surface area contributed by atoms with Crippen LogP contribution in [-0.2, 0) is 29.9 Å². The highest BCUT2D eigenvalue weighted by atomic mass is 32.2. The van der Waals surface area contributed by atoms with Gasteiger partial charge in [0.15, 0.2) is 9.84 Å². The van der Waals surface area contributed by atoms with Gasteiger partial charge in [0.05, 0.1) is 16.9 Å². The molecule has 12 heteroatoms. The summed E-state index contributed by atoms with van der Waals surface area (Å²) in [5, 5.41) is 0. The second-order valence-corrected chi connectivity index (χ2v) is 12.8. The maximum absolute atomic E-state index is 12.8. The molecule has 1 N–H and O–H groups in total. The van der Waals surface area contributed by atoms with E-state index in [0.29, 0.717) is 25.1 Å². The van der Waals surface area contributed by atoms with Crippen LogP contribution in [0.2, 0.25) is 0 Å². The highest BCUT2D eigenvalue weighted by Crippen LogP contribution is 2.23. The molecule has 0 aliphatic carbocycles. The van der Waals surface area contributed by atoms with Crippen molar-refractivity contribution in [3.05, 3.63) is 24.3 Å². The van der Waals surface area contributed by atoms with Crippen LogP contribution >= 0.6 is 0 Å². The molecule has 0 aromatic heterocycles. The molecule has 1 aliphatic heterocycles. The largest absolute Gasteiger partial charge is 0.493 e. The number of nitrogens with one attached hydrogen (secondary N) is 1. The quantitative estimate of drug-likeness (QED) is 0.565. The van der Waals surface area contributed by atoms with Crippen LogP contribution < -0.4 is 9.46 Å². The van der Waals surface area contributed by atoms with E-state index in [2.05, 4.69) is 4.72 Å². The SMILES string of the molecule is CCS(=O)(=O)CCOc1ccc(S(=O)(=O)N2CCCC(NS(C)(=O)=O)C2)cc1. The number of ether oxygens (including phenoxy) is 1. The van der Waals surface area contributed by atoms with Gasteiger partial charge in [0, 0.05) is 24.9 Å². The molecule has 160 valence electrons. The van der Waals surface area contributed by atoms with E-state index in [-0.39, 0.29) is 29.6 Å². The summed E-state index contributed by atoms with van der Waals surface area (Å²) in [5.74, 6) is 0.311. The summed E-state index contributed by atoms with van der Waals surface area (Å²) in [7, 11) is -10.3. The summed E-state index contributed by atoms with van der Waals surface area (Å²) >= 11 is 0. The lowest BCUT2D eigenvalue weighted by atomic mass is 10.1. The van der Waals surface area contributed by atoms with Gasteiger partial charge in [0.2, 0.25) is 20.0 Å². The normalized spacial score (nSPS) is 19.4. The summed E-state index contributed by atoms with van der Waals surface area (Å²) in [4.78, 5) is 0.0704. The van der Waals surface area contributed by atoms with Crippen molar-refractivity contribution in [1.82, 2.24) is 9.03 Å². The maximum atomic E-state index is 12.8. The van der Waals surface area contributed by atoms with Crippen LogP contribution in [0, 0.1) is 0 Å². The Hall–Kier alpha value is -1.21. The lowest BCUT2D eigenvalue weighted by molar-refractivity contribution is 0.303. The number of sulfonamides is 2. The molecule has 0 radical (unpaired) electrons. The zero-order chi connectivity index (χ0) is 21.0. The molecule has 9 nitrogen and oxygen atoms in total. The smallest absolute Gasteiger partial charge is 0.243 e. The van der Waals surface area contributed by atoms with Gasteiger partial charge in [-0.1, -0.05) is 6.92 Å². The Morgan fingerprint density at radius 2 is 1.75 bits per heavy atom. The first-order valence-corrected chi connectivity index (χ1v) is 14.0. The first-order valence-electron chi connectivity index (χ1n) is 8.84. The molecular weight excluding hydrogens is 428 g/mol. The molecule has 1 fully saturated rings. The van der Waals surface area contributed by atoms with E-state index < -0.39 is 35.9 Å². The van der Waals surface area contributed by atoms with E-state index in [4.69, 9.17) is 4.74 Å². The molecule has 1 aromatic carbocycles. The summed E-state index contributed by atoms with van der Waals surface area (Å²) < 4.78 is 80.4. The van der Waals surface area contributed by atoms with E-state index >= 15 is 0 Å². The topological polar surface area (TPSA) is 127 Å². The number of piperidine rings is 1. The van der Waals surface area contributed by atoms with Crippen LogP contribution in [0.15, 0.2) is 29.2 Å². The minimum Gasteiger partial charge on any atom is -0.493 e. The van der Waals surface area contributed by atoms with Gasteiger partial charge < -0.3 is 4.74 Å². The molecule has 0 bridgehead atoms. The van der Waals surface area contributed by atoms with Crippen molar-refractivity contribution in [3.8, 4) is 5.75 Å². The Labute approximate surface area is 167 Å². The number of rotatable bonds is 9. The summed E-state index contributed by atoms with van der Waals surface area (Å²) in [5.41, 5.74) is 0. The second kappa shape index (κ2) is 9.08. The average Bonchev–Trinajstić information content (AvgIpc) is 2.61. The first-order chi connectivity index (χ1) is 12.9. The lowest BCUT2D eigenvalue weighted by Crippen LogP contribution is -2.49. The highest BCUT2D eigenvalue weighted by Gasteiger charge is 2.31. The highest BCUT2D eigenvalue weighted by molar-refractivity contribution is 7.91. The molecule has 1 saturated heterocycles.